The van der Waals surface area contributed by atoms with Gasteiger partial charge in [0.1, 0.15) is 10.3 Å². The lowest BCUT2D eigenvalue weighted by atomic mass is 10.2. The predicted octanol–water partition coefficient (Wildman–Crippen LogP) is 2.49. The molecule has 0 aromatic carbocycles. The number of rotatable bonds is 6. The second kappa shape index (κ2) is 7.17. The maximum atomic E-state index is 11.6. The zero-order valence-electron chi connectivity index (χ0n) is 10.2. The van der Waals surface area contributed by atoms with Crippen LogP contribution in [0.4, 0.5) is 5.69 Å². The Balaban J connectivity index is 2.72. The van der Waals surface area contributed by atoms with Crippen molar-refractivity contribution < 1.29 is 9.53 Å². The van der Waals surface area contributed by atoms with Crippen LogP contribution in [0.3, 0.4) is 0 Å². The number of esters is 1. The molecule has 0 radical (unpaired) electrons. The molecule has 94 valence electrons. The highest BCUT2D eigenvalue weighted by atomic mass is 32.2. The third-order valence-electron chi connectivity index (χ3n) is 2.34. The van der Waals surface area contributed by atoms with Gasteiger partial charge in [-0.25, -0.2) is 4.98 Å². The molecule has 17 heavy (non-hydrogen) atoms. The number of aromatic nitrogens is 1. The molecule has 1 aromatic rings. The summed E-state index contributed by atoms with van der Waals surface area (Å²) in [5.74, 6) is -0.214. The van der Waals surface area contributed by atoms with E-state index in [-0.39, 0.29) is 11.2 Å². The molecule has 0 saturated carbocycles. The van der Waals surface area contributed by atoms with E-state index in [1.54, 1.807) is 18.3 Å². The second-order valence-electron chi connectivity index (χ2n) is 3.67. The van der Waals surface area contributed by atoms with Crippen LogP contribution in [-0.4, -0.2) is 23.3 Å². The Hall–Kier alpha value is -1.23. The smallest absolute Gasteiger partial charge is 0.319 e. The quantitative estimate of drug-likeness (QED) is 0.624. The summed E-state index contributed by atoms with van der Waals surface area (Å²) in [6.07, 6.45) is 4.49. The van der Waals surface area contributed by atoms with E-state index in [2.05, 4.69) is 11.9 Å². The number of nitrogens with zero attached hydrogens (tertiary/aromatic N) is 1. The molecule has 2 N–H and O–H groups in total. The van der Waals surface area contributed by atoms with Crippen molar-refractivity contribution in [1.82, 2.24) is 4.98 Å². The minimum absolute atomic E-state index is 0.214. The number of pyridine rings is 1. The van der Waals surface area contributed by atoms with Crippen LogP contribution in [0.5, 0.6) is 0 Å². The van der Waals surface area contributed by atoms with Gasteiger partial charge in [-0.05, 0) is 18.6 Å². The summed E-state index contributed by atoms with van der Waals surface area (Å²) in [7, 11) is 1.41. The number of thioether (sulfide) groups is 1. The summed E-state index contributed by atoms with van der Waals surface area (Å²) in [5.41, 5.74) is 6.40. The molecule has 1 unspecified atom stereocenters. The Morgan fingerprint density at radius 2 is 2.41 bits per heavy atom. The zero-order chi connectivity index (χ0) is 12.7. The standard InChI is InChI=1S/C12H18N2O2S/c1-3-4-7-10(12(15)16-2)17-11-9(13)6-5-8-14-11/h5-6,8,10H,3-4,7,13H2,1-2H3. The Labute approximate surface area is 106 Å². The molecular formula is C12H18N2O2S. The Morgan fingerprint density at radius 3 is 3.00 bits per heavy atom. The van der Waals surface area contributed by atoms with E-state index in [0.717, 1.165) is 19.3 Å². The van der Waals surface area contributed by atoms with Crippen LogP contribution in [0.1, 0.15) is 26.2 Å². The van der Waals surface area contributed by atoms with Gasteiger partial charge in [-0.1, -0.05) is 31.5 Å². The maximum Gasteiger partial charge on any atom is 0.319 e. The van der Waals surface area contributed by atoms with Crippen LogP contribution >= 0.6 is 11.8 Å². The van der Waals surface area contributed by atoms with Crippen LogP contribution in [0.25, 0.3) is 0 Å². The molecule has 1 heterocycles. The molecule has 4 nitrogen and oxygen atoms in total. The Morgan fingerprint density at radius 1 is 1.65 bits per heavy atom. The summed E-state index contributed by atoms with van der Waals surface area (Å²) in [6.45, 7) is 2.09. The highest BCUT2D eigenvalue weighted by molar-refractivity contribution is 8.00. The number of carbonyl (C=O) groups is 1. The van der Waals surface area contributed by atoms with Crippen LogP contribution in [-0.2, 0) is 9.53 Å². The van der Waals surface area contributed by atoms with E-state index >= 15 is 0 Å². The van der Waals surface area contributed by atoms with Crippen molar-refractivity contribution in [3.05, 3.63) is 18.3 Å². The summed E-state index contributed by atoms with van der Waals surface area (Å²) in [5, 5.41) is 0.469. The third kappa shape index (κ3) is 4.26. The SMILES string of the molecule is CCCCC(Sc1ncccc1N)C(=O)OC. The normalized spacial score (nSPS) is 12.1. The number of anilines is 1. The minimum Gasteiger partial charge on any atom is -0.468 e. The molecule has 0 fully saturated rings. The number of unbranched alkanes of at least 4 members (excludes halogenated alkanes) is 1. The van der Waals surface area contributed by atoms with E-state index in [4.69, 9.17) is 10.5 Å². The van der Waals surface area contributed by atoms with Gasteiger partial charge >= 0.3 is 5.97 Å². The fourth-order valence-corrected chi connectivity index (χ4v) is 2.45. The molecule has 0 spiro atoms. The molecule has 0 aliphatic rings. The van der Waals surface area contributed by atoms with Crippen molar-refractivity contribution in [2.75, 3.05) is 12.8 Å². The number of hydrogen-bond acceptors (Lipinski definition) is 5. The fourth-order valence-electron chi connectivity index (χ4n) is 1.38. The van der Waals surface area contributed by atoms with Crippen molar-refractivity contribution >= 4 is 23.4 Å². The Bertz CT molecular complexity index is 371. The van der Waals surface area contributed by atoms with Gasteiger partial charge in [0.05, 0.1) is 12.8 Å². The lowest BCUT2D eigenvalue weighted by Crippen LogP contribution is -2.19. The molecule has 0 saturated heterocycles. The zero-order valence-corrected chi connectivity index (χ0v) is 11.0. The number of carbonyl (C=O) groups excluding carboxylic acids is 1. The Kier molecular flexibility index (Phi) is 5.83. The molecule has 1 aromatic heterocycles. The van der Waals surface area contributed by atoms with Crippen molar-refractivity contribution in [3.8, 4) is 0 Å². The average molecular weight is 254 g/mol. The molecular weight excluding hydrogens is 236 g/mol. The van der Waals surface area contributed by atoms with Gasteiger partial charge in [0.2, 0.25) is 0 Å². The molecule has 0 bridgehead atoms. The van der Waals surface area contributed by atoms with Crippen LogP contribution in [0, 0.1) is 0 Å². The molecule has 0 aliphatic carbocycles. The predicted molar refractivity (Wildman–Crippen MR) is 69.8 cm³/mol. The molecule has 0 amide bonds. The van der Waals surface area contributed by atoms with Gasteiger partial charge in [0.15, 0.2) is 0 Å². The van der Waals surface area contributed by atoms with Gasteiger partial charge in [-0.2, -0.15) is 0 Å². The lowest BCUT2D eigenvalue weighted by molar-refractivity contribution is -0.140. The molecule has 0 aliphatic heterocycles. The van der Waals surface area contributed by atoms with E-state index in [0.29, 0.717) is 10.7 Å². The summed E-state index contributed by atoms with van der Waals surface area (Å²) >= 11 is 1.38. The first-order chi connectivity index (χ1) is 8.19. The highest BCUT2D eigenvalue weighted by Crippen LogP contribution is 2.29. The number of nitrogens with two attached hydrogens (primary N) is 1. The van der Waals surface area contributed by atoms with Gasteiger partial charge in [-0.15, -0.1) is 0 Å². The first kappa shape index (κ1) is 13.8. The first-order valence-corrected chi connectivity index (χ1v) is 6.52. The van der Waals surface area contributed by atoms with Gasteiger partial charge in [0, 0.05) is 6.20 Å². The second-order valence-corrected chi connectivity index (χ2v) is 4.86. The summed E-state index contributed by atoms with van der Waals surface area (Å²) < 4.78 is 4.79. The van der Waals surface area contributed by atoms with Crippen LogP contribution in [0.15, 0.2) is 23.4 Å². The molecule has 5 heteroatoms. The largest absolute Gasteiger partial charge is 0.468 e. The van der Waals surface area contributed by atoms with Gasteiger partial charge in [0.25, 0.3) is 0 Å². The first-order valence-electron chi connectivity index (χ1n) is 5.64. The van der Waals surface area contributed by atoms with Crippen molar-refractivity contribution in [3.63, 3.8) is 0 Å². The van der Waals surface area contributed by atoms with Crippen molar-refractivity contribution in [1.29, 1.82) is 0 Å². The average Bonchev–Trinajstić information content (AvgIpc) is 2.35. The van der Waals surface area contributed by atoms with Crippen LogP contribution < -0.4 is 5.73 Å². The van der Waals surface area contributed by atoms with Gasteiger partial charge < -0.3 is 10.5 Å². The van der Waals surface area contributed by atoms with Crippen LogP contribution in [0.2, 0.25) is 0 Å². The molecule has 1 atom stereocenters. The van der Waals surface area contributed by atoms with Crippen molar-refractivity contribution in [2.45, 2.75) is 36.5 Å². The number of nitrogen functional groups attached to an aromatic ring is 1. The van der Waals surface area contributed by atoms with Gasteiger partial charge in [-0.3, -0.25) is 4.79 Å². The summed E-state index contributed by atoms with van der Waals surface area (Å²) in [6, 6.07) is 3.56. The fraction of sp³-hybridized carbons (Fsp3) is 0.500. The number of ether oxygens (including phenoxy) is 1. The lowest BCUT2D eigenvalue weighted by Gasteiger charge is -2.14. The van der Waals surface area contributed by atoms with E-state index < -0.39 is 0 Å². The number of methoxy groups -OCH3 is 1. The topological polar surface area (TPSA) is 65.2 Å². The number of hydrogen-bond donors (Lipinski definition) is 1. The van der Waals surface area contributed by atoms with E-state index in [9.17, 15) is 4.79 Å². The van der Waals surface area contributed by atoms with Crippen molar-refractivity contribution in [2.24, 2.45) is 0 Å². The molecule has 1 rings (SSSR count). The minimum atomic E-state index is -0.225. The van der Waals surface area contributed by atoms with E-state index in [1.165, 1.54) is 18.9 Å². The summed E-state index contributed by atoms with van der Waals surface area (Å²) in [4.78, 5) is 15.8. The third-order valence-corrected chi connectivity index (χ3v) is 3.62. The maximum absolute atomic E-state index is 11.6. The monoisotopic (exact) mass is 254 g/mol. The van der Waals surface area contributed by atoms with E-state index in [1.807, 2.05) is 0 Å². The highest BCUT2D eigenvalue weighted by Gasteiger charge is 2.21.